The highest BCUT2D eigenvalue weighted by atomic mass is 32.2. The van der Waals surface area contributed by atoms with Gasteiger partial charge in [0.25, 0.3) is 5.91 Å². The van der Waals surface area contributed by atoms with E-state index in [4.69, 9.17) is 0 Å². The molecule has 2 aliphatic rings. The fourth-order valence-corrected chi connectivity index (χ4v) is 6.92. The Bertz CT molecular complexity index is 1060. The maximum absolute atomic E-state index is 13.7. The minimum atomic E-state index is 0.212. The summed E-state index contributed by atoms with van der Waals surface area (Å²) < 4.78 is 2.12. The molecule has 0 bridgehead atoms. The van der Waals surface area contributed by atoms with Crippen LogP contribution in [0.1, 0.15) is 31.9 Å². The fraction of sp³-hybridized carbons (Fsp3) is 0.375. The molecule has 1 fully saturated rings. The molecule has 1 aromatic carbocycles. The largest absolute Gasteiger partial charge is 0.368 e. The SMILES string of the molecule is Cc1cccc(N2CCN(C(=O)c3c(-n4cccc4)sc4c3CCSC4)CC2)c1C. The number of anilines is 1. The molecule has 0 aliphatic carbocycles. The van der Waals surface area contributed by atoms with E-state index in [1.807, 2.05) is 23.9 Å². The van der Waals surface area contributed by atoms with Crippen molar-refractivity contribution in [2.75, 3.05) is 36.8 Å². The van der Waals surface area contributed by atoms with Crippen LogP contribution in [-0.2, 0) is 12.2 Å². The van der Waals surface area contributed by atoms with Crippen molar-refractivity contribution < 1.29 is 4.79 Å². The highest BCUT2D eigenvalue weighted by molar-refractivity contribution is 7.98. The summed E-state index contributed by atoms with van der Waals surface area (Å²) >= 11 is 3.77. The van der Waals surface area contributed by atoms with Gasteiger partial charge in [-0.1, -0.05) is 12.1 Å². The van der Waals surface area contributed by atoms with Crippen LogP contribution in [0.15, 0.2) is 42.7 Å². The van der Waals surface area contributed by atoms with Gasteiger partial charge in [0.1, 0.15) is 5.00 Å². The van der Waals surface area contributed by atoms with Gasteiger partial charge in [-0.05, 0) is 60.9 Å². The summed E-state index contributed by atoms with van der Waals surface area (Å²) in [5.41, 5.74) is 6.22. The Morgan fingerprint density at radius 3 is 2.53 bits per heavy atom. The molecule has 3 aromatic rings. The summed E-state index contributed by atoms with van der Waals surface area (Å²) in [6.07, 6.45) is 5.11. The number of hydrogen-bond acceptors (Lipinski definition) is 4. The Labute approximate surface area is 186 Å². The molecule has 0 spiro atoms. The van der Waals surface area contributed by atoms with E-state index in [2.05, 4.69) is 58.8 Å². The molecule has 2 aromatic heterocycles. The standard InChI is InChI=1S/C24H27N3OS2/c1-17-6-5-7-20(18(17)2)25-11-13-26(14-12-25)23(28)22-19-8-15-29-16-21(19)30-24(22)27-9-3-4-10-27/h3-7,9-10H,8,11-16H2,1-2H3. The predicted octanol–water partition coefficient (Wildman–Crippen LogP) is 4.91. The number of benzene rings is 1. The van der Waals surface area contributed by atoms with Crippen LogP contribution < -0.4 is 4.90 Å². The van der Waals surface area contributed by atoms with Crippen LogP contribution >= 0.6 is 23.1 Å². The lowest BCUT2D eigenvalue weighted by atomic mass is 10.0. The highest BCUT2D eigenvalue weighted by Crippen LogP contribution is 2.39. The van der Waals surface area contributed by atoms with Crippen LogP contribution in [-0.4, -0.2) is 47.3 Å². The van der Waals surface area contributed by atoms with Crippen LogP contribution in [0, 0.1) is 13.8 Å². The van der Waals surface area contributed by atoms with Gasteiger partial charge in [-0.15, -0.1) is 11.3 Å². The average Bonchev–Trinajstić information content (AvgIpc) is 3.43. The van der Waals surface area contributed by atoms with E-state index in [1.54, 1.807) is 11.3 Å². The van der Waals surface area contributed by atoms with E-state index in [9.17, 15) is 4.79 Å². The van der Waals surface area contributed by atoms with Gasteiger partial charge < -0.3 is 14.4 Å². The van der Waals surface area contributed by atoms with Crippen molar-refractivity contribution in [1.29, 1.82) is 0 Å². The van der Waals surface area contributed by atoms with Crippen molar-refractivity contribution in [3.05, 3.63) is 69.9 Å². The number of rotatable bonds is 3. The molecule has 5 rings (SSSR count). The maximum atomic E-state index is 13.7. The van der Waals surface area contributed by atoms with Crippen molar-refractivity contribution in [2.24, 2.45) is 0 Å². The minimum Gasteiger partial charge on any atom is -0.368 e. The summed E-state index contributed by atoms with van der Waals surface area (Å²) in [4.78, 5) is 19.6. The normalized spacial score (nSPS) is 16.6. The molecule has 0 N–H and O–H groups in total. The van der Waals surface area contributed by atoms with Crippen molar-refractivity contribution in [1.82, 2.24) is 9.47 Å². The third-order valence-corrected chi connectivity index (χ3v) is 8.75. The summed E-state index contributed by atoms with van der Waals surface area (Å²) in [5.74, 6) is 2.35. The molecule has 156 valence electrons. The molecule has 0 radical (unpaired) electrons. The van der Waals surface area contributed by atoms with Gasteiger partial charge in [-0.25, -0.2) is 0 Å². The second-order valence-electron chi connectivity index (χ2n) is 8.08. The molecule has 0 saturated carbocycles. The number of aryl methyl sites for hydroxylation is 1. The van der Waals surface area contributed by atoms with Crippen molar-refractivity contribution in [2.45, 2.75) is 26.0 Å². The molecular weight excluding hydrogens is 410 g/mol. The number of carbonyl (C=O) groups is 1. The summed E-state index contributed by atoms with van der Waals surface area (Å²) in [6, 6.07) is 10.6. The third kappa shape index (κ3) is 3.46. The van der Waals surface area contributed by atoms with Crippen molar-refractivity contribution in [3.8, 4) is 5.00 Å². The molecule has 6 heteroatoms. The number of nitrogens with zero attached hydrogens (tertiary/aromatic N) is 3. The molecule has 1 saturated heterocycles. The fourth-order valence-electron chi connectivity index (χ4n) is 4.48. The van der Waals surface area contributed by atoms with E-state index >= 15 is 0 Å². The zero-order valence-electron chi connectivity index (χ0n) is 17.6. The highest BCUT2D eigenvalue weighted by Gasteiger charge is 2.31. The van der Waals surface area contributed by atoms with Crippen molar-refractivity contribution in [3.63, 3.8) is 0 Å². The number of piperazine rings is 1. The van der Waals surface area contributed by atoms with E-state index in [0.717, 1.165) is 54.7 Å². The number of fused-ring (bicyclic) bond motifs is 1. The average molecular weight is 438 g/mol. The van der Waals surface area contributed by atoms with Gasteiger partial charge in [0.2, 0.25) is 0 Å². The Morgan fingerprint density at radius 1 is 1.00 bits per heavy atom. The molecule has 0 unspecified atom stereocenters. The Balaban J connectivity index is 1.40. The first kappa shape index (κ1) is 19.8. The second-order valence-corrected chi connectivity index (χ2v) is 10.3. The molecule has 4 heterocycles. The molecular formula is C24H27N3OS2. The third-order valence-electron chi connectivity index (χ3n) is 6.34. The molecule has 2 aliphatic heterocycles. The van der Waals surface area contributed by atoms with Gasteiger partial charge >= 0.3 is 0 Å². The lowest BCUT2D eigenvalue weighted by molar-refractivity contribution is 0.0746. The van der Waals surface area contributed by atoms with Crippen LogP contribution in [0.25, 0.3) is 5.00 Å². The zero-order chi connectivity index (χ0) is 20.7. The monoisotopic (exact) mass is 437 g/mol. The first-order valence-electron chi connectivity index (χ1n) is 10.6. The topological polar surface area (TPSA) is 28.5 Å². The van der Waals surface area contributed by atoms with Gasteiger partial charge in [0, 0.05) is 54.9 Å². The van der Waals surface area contributed by atoms with Gasteiger partial charge in [-0.3, -0.25) is 4.79 Å². The van der Waals surface area contributed by atoms with Gasteiger partial charge in [-0.2, -0.15) is 11.8 Å². The second kappa shape index (κ2) is 8.16. The lowest BCUT2D eigenvalue weighted by Crippen LogP contribution is -2.49. The number of thiophene rings is 1. The molecule has 0 atom stereocenters. The Hall–Kier alpha value is -2.18. The van der Waals surface area contributed by atoms with Crippen molar-refractivity contribution >= 4 is 34.7 Å². The summed E-state index contributed by atoms with van der Waals surface area (Å²) in [7, 11) is 0. The minimum absolute atomic E-state index is 0.212. The molecule has 4 nitrogen and oxygen atoms in total. The van der Waals surface area contributed by atoms with Crippen LogP contribution in [0.3, 0.4) is 0 Å². The number of aromatic nitrogens is 1. The Morgan fingerprint density at radius 2 is 1.77 bits per heavy atom. The quantitative estimate of drug-likeness (QED) is 0.583. The predicted molar refractivity (Wildman–Crippen MR) is 128 cm³/mol. The number of hydrogen-bond donors (Lipinski definition) is 0. The van der Waals surface area contributed by atoms with Crippen LogP contribution in [0.5, 0.6) is 0 Å². The van der Waals surface area contributed by atoms with E-state index in [-0.39, 0.29) is 5.91 Å². The summed E-state index contributed by atoms with van der Waals surface area (Å²) in [6.45, 7) is 7.68. The Kier molecular flexibility index (Phi) is 5.37. The van der Waals surface area contributed by atoms with E-state index in [0.29, 0.717) is 0 Å². The number of carbonyl (C=O) groups excluding carboxylic acids is 1. The first-order valence-corrected chi connectivity index (χ1v) is 12.6. The van der Waals surface area contributed by atoms with Crippen LogP contribution in [0.2, 0.25) is 0 Å². The van der Waals surface area contributed by atoms with Crippen LogP contribution in [0.4, 0.5) is 5.69 Å². The summed E-state index contributed by atoms with van der Waals surface area (Å²) in [5, 5.41) is 1.09. The van der Waals surface area contributed by atoms with E-state index < -0.39 is 0 Å². The molecule has 1 amide bonds. The van der Waals surface area contributed by atoms with E-state index in [1.165, 1.54) is 27.3 Å². The molecule has 30 heavy (non-hydrogen) atoms. The van der Waals surface area contributed by atoms with Gasteiger partial charge in [0.05, 0.1) is 5.56 Å². The number of thioether (sulfide) groups is 1. The smallest absolute Gasteiger partial charge is 0.257 e. The first-order chi connectivity index (χ1) is 14.6. The van der Waals surface area contributed by atoms with Gasteiger partial charge in [0.15, 0.2) is 0 Å². The zero-order valence-corrected chi connectivity index (χ0v) is 19.2. The maximum Gasteiger partial charge on any atom is 0.257 e. The lowest BCUT2D eigenvalue weighted by Gasteiger charge is -2.37. The number of amides is 1.